The summed E-state index contributed by atoms with van der Waals surface area (Å²) in [6.07, 6.45) is 7.79. The Morgan fingerprint density at radius 2 is 1.68 bits per heavy atom. The van der Waals surface area contributed by atoms with Crippen molar-refractivity contribution >= 4 is 17.7 Å². The highest BCUT2D eigenvalue weighted by Crippen LogP contribution is 2.17. The van der Waals surface area contributed by atoms with Gasteiger partial charge in [0.15, 0.2) is 0 Å². The first kappa shape index (κ1) is 21.9. The molecule has 0 unspecified atom stereocenters. The second-order valence-electron chi connectivity index (χ2n) is 7.34. The van der Waals surface area contributed by atoms with Gasteiger partial charge in [-0.3, -0.25) is 19.6 Å². The van der Waals surface area contributed by atoms with Crippen molar-refractivity contribution in [1.82, 2.24) is 15.7 Å². The van der Waals surface area contributed by atoms with Crippen LogP contribution >= 0.6 is 0 Å². The van der Waals surface area contributed by atoms with Crippen molar-refractivity contribution in [2.24, 2.45) is 0 Å². The average molecular weight is 389 g/mol. The summed E-state index contributed by atoms with van der Waals surface area (Å²) in [5, 5.41) is 11.6. The third-order valence-corrected chi connectivity index (χ3v) is 5.07. The van der Waals surface area contributed by atoms with E-state index in [0.29, 0.717) is 24.9 Å². The number of amides is 3. The van der Waals surface area contributed by atoms with Crippen LogP contribution < -0.4 is 10.8 Å². The molecule has 3 amide bonds. The molecule has 0 bridgehead atoms. The first-order chi connectivity index (χ1) is 13.6. The minimum Gasteiger partial charge on any atom is -0.352 e. The number of hydrogen-bond acceptors (Lipinski definition) is 4. The standard InChI is InChI=1S/C21H31N3O4/c25-19(23-28)14-8-3-9-15-24(21(27)17-10-4-1-5-11-17)16-20(26)22-18-12-6-2-7-13-18/h1,4-5,10-11,18,28H,2-3,6-9,12-16H2,(H,22,26)(H,23,25). The quantitative estimate of drug-likeness (QED) is 0.325. The molecule has 0 atom stereocenters. The number of unbranched alkanes of at least 4 members (excludes halogenated alkanes) is 2. The minimum atomic E-state index is -0.413. The molecule has 0 radical (unpaired) electrons. The number of carbonyl (C=O) groups excluding carboxylic acids is 3. The summed E-state index contributed by atoms with van der Waals surface area (Å²) in [6, 6.07) is 9.18. The molecule has 3 N–H and O–H groups in total. The predicted octanol–water partition coefficient (Wildman–Crippen LogP) is 2.64. The van der Waals surface area contributed by atoms with Crippen LogP contribution in [0.5, 0.6) is 0 Å². The molecular weight excluding hydrogens is 358 g/mol. The zero-order chi connectivity index (χ0) is 20.2. The number of hydroxylamine groups is 1. The van der Waals surface area contributed by atoms with Gasteiger partial charge in [-0.15, -0.1) is 0 Å². The smallest absolute Gasteiger partial charge is 0.254 e. The molecule has 7 nitrogen and oxygen atoms in total. The van der Waals surface area contributed by atoms with Gasteiger partial charge in [-0.2, -0.15) is 0 Å². The van der Waals surface area contributed by atoms with Crippen molar-refractivity contribution in [2.75, 3.05) is 13.1 Å². The van der Waals surface area contributed by atoms with Crippen molar-refractivity contribution in [1.29, 1.82) is 0 Å². The van der Waals surface area contributed by atoms with Gasteiger partial charge < -0.3 is 10.2 Å². The lowest BCUT2D eigenvalue weighted by Gasteiger charge is -2.26. The van der Waals surface area contributed by atoms with E-state index in [4.69, 9.17) is 5.21 Å². The molecule has 1 aliphatic rings. The lowest BCUT2D eigenvalue weighted by molar-refractivity contribution is -0.129. The lowest BCUT2D eigenvalue weighted by atomic mass is 9.95. The summed E-state index contributed by atoms with van der Waals surface area (Å²) in [4.78, 5) is 38.0. The van der Waals surface area contributed by atoms with Gasteiger partial charge in [0, 0.05) is 24.6 Å². The highest BCUT2D eigenvalue weighted by Gasteiger charge is 2.21. The molecule has 0 saturated heterocycles. The van der Waals surface area contributed by atoms with E-state index in [9.17, 15) is 14.4 Å². The van der Waals surface area contributed by atoms with Crippen LogP contribution in [0, 0.1) is 0 Å². The van der Waals surface area contributed by atoms with E-state index < -0.39 is 5.91 Å². The van der Waals surface area contributed by atoms with Crippen LogP contribution in [-0.4, -0.2) is 47.0 Å². The van der Waals surface area contributed by atoms with Gasteiger partial charge in [-0.25, -0.2) is 5.48 Å². The number of benzene rings is 1. The number of carbonyl (C=O) groups is 3. The summed E-state index contributed by atoms with van der Waals surface area (Å²) in [5.74, 6) is -0.688. The van der Waals surface area contributed by atoms with Crippen molar-refractivity contribution < 1.29 is 19.6 Å². The third-order valence-electron chi connectivity index (χ3n) is 5.07. The number of rotatable bonds is 10. The fourth-order valence-electron chi connectivity index (χ4n) is 3.53. The average Bonchev–Trinajstić information content (AvgIpc) is 2.73. The van der Waals surface area contributed by atoms with Crippen molar-refractivity contribution in [3.8, 4) is 0 Å². The van der Waals surface area contributed by atoms with Gasteiger partial charge in [0.05, 0.1) is 6.54 Å². The molecule has 2 rings (SSSR count). The van der Waals surface area contributed by atoms with Gasteiger partial charge in [0.1, 0.15) is 0 Å². The third kappa shape index (κ3) is 7.68. The maximum Gasteiger partial charge on any atom is 0.254 e. The highest BCUT2D eigenvalue weighted by atomic mass is 16.5. The number of nitrogens with zero attached hydrogens (tertiary/aromatic N) is 1. The summed E-state index contributed by atoms with van der Waals surface area (Å²) in [6.45, 7) is 0.494. The fourth-order valence-corrected chi connectivity index (χ4v) is 3.53. The van der Waals surface area contributed by atoms with Gasteiger partial charge >= 0.3 is 0 Å². The van der Waals surface area contributed by atoms with Gasteiger partial charge in [0.2, 0.25) is 11.8 Å². The number of nitrogens with one attached hydrogen (secondary N) is 2. The first-order valence-corrected chi connectivity index (χ1v) is 10.2. The SMILES string of the molecule is O=C(CCCCCN(CC(=O)NC1CCCCC1)C(=O)c1ccccc1)NO. The second kappa shape index (κ2) is 12.1. The molecule has 154 valence electrons. The summed E-state index contributed by atoms with van der Waals surface area (Å²) in [7, 11) is 0. The van der Waals surface area contributed by atoms with E-state index in [-0.39, 0.29) is 30.8 Å². The van der Waals surface area contributed by atoms with Crippen LogP contribution in [0.3, 0.4) is 0 Å². The maximum absolute atomic E-state index is 12.8. The second-order valence-corrected chi connectivity index (χ2v) is 7.34. The topological polar surface area (TPSA) is 98.7 Å². The zero-order valence-corrected chi connectivity index (χ0v) is 16.4. The number of hydrogen-bond donors (Lipinski definition) is 3. The molecular formula is C21H31N3O4. The van der Waals surface area contributed by atoms with Crippen LogP contribution in [0.15, 0.2) is 30.3 Å². The van der Waals surface area contributed by atoms with E-state index >= 15 is 0 Å². The Labute approximate surface area is 166 Å². The molecule has 7 heteroatoms. The van der Waals surface area contributed by atoms with Crippen LogP contribution in [0.2, 0.25) is 0 Å². The van der Waals surface area contributed by atoms with Crippen LogP contribution in [0.4, 0.5) is 0 Å². The van der Waals surface area contributed by atoms with Gasteiger partial charge in [-0.1, -0.05) is 43.9 Å². The normalized spacial score (nSPS) is 14.3. The zero-order valence-electron chi connectivity index (χ0n) is 16.4. The van der Waals surface area contributed by atoms with E-state index in [1.807, 2.05) is 6.07 Å². The molecule has 1 aromatic rings. The Morgan fingerprint density at radius 3 is 2.36 bits per heavy atom. The van der Waals surface area contributed by atoms with Crippen molar-refractivity contribution in [2.45, 2.75) is 63.8 Å². The van der Waals surface area contributed by atoms with E-state index in [0.717, 1.165) is 32.1 Å². The minimum absolute atomic E-state index is 0.0430. The highest BCUT2D eigenvalue weighted by molar-refractivity contribution is 5.96. The molecule has 1 aliphatic carbocycles. The van der Waals surface area contributed by atoms with E-state index in [1.54, 1.807) is 34.6 Å². The Kier molecular flexibility index (Phi) is 9.48. The first-order valence-electron chi connectivity index (χ1n) is 10.2. The molecule has 1 saturated carbocycles. The van der Waals surface area contributed by atoms with Crippen LogP contribution in [0.1, 0.15) is 68.1 Å². The molecule has 0 heterocycles. The lowest BCUT2D eigenvalue weighted by Crippen LogP contribution is -2.45. The maximum atomic E-state index is 12.8. The predicted molar refractivity (Wildman–Crippen MR) is 106 cm³/mol. The monoisotopic (exact) mass is 389 g/mol. The molecule has 0 spiro atoms. The van der Waals surface area contributed by atoms with Gasteiger partial charge in [-0.05, 0) is 37.8 Å². The Hall–Kier alpha value is -2.41. The fraction of sp³-hybridized carbons (Fsp3) is 0.571. The van der Waals surface area contributed by atoms with Crippen molar-refractivity contribution in [3.05, 3.63) is 35.9 Å². The largest absolute Gasteiger partial charge is 0.352 e. The molecule has 0 aliphatic heterocycles. The summed E-state index contributed by atoms with van der Waals surface area (Å²) >= 11 is 0. The Bertz CT molecular complexity index is 630. The Balaban J connectivity index is 1.88. The molecule has 0 aromatic heterocycles. The summed E-state index contributed by atoms with van der Waals surface area (Å²) in [5.41, 5.74) is 2.18. The Morgan fingerprint density at radius 1 is 0.964 bits per heavy atom. The van der Waals surface area contributed by atoms with E-state index in [1.165, 1.54) is 6.42 Å². The van der Waals surface area contributed by atoms with Gasteiger partial charge in [0.25, 0.3) is 5.91 Å². The molecule has 1 aromatic carbocycles. The summed E-state index contributed by atoms with van der Waals surface area (Å²) < 4.78 is 0. The van der Waals surface area contributed by atoms with Crippen molar-refractivity contribution in [3.63, 3.8) is 0 Å². The molecule has 28 heavy (non-hydrogen) atoms. The van der Waals surface area contributed by atoms with Crippen LogP contribution in [0.25, 0.3) is 0 Å². The van der Waals surface area contributed by atoms with E-state index in [2.05, 4.69) is 5.32 Å². The van der Waals surface area contributed by atoms with Crippen LogP contribution in [-0.2, 0) is 9.59 Å². The molecule has 1 fully saturated rings.